The van der Waals surface area contributed by atoms with E-state index >= 15 is 19.2 Å². The number of hydrogen-bond acceptors (Lipinski definition) is 4. The Hall–Kier alpha value is -11.1. The van der Waals surface area contributed by atoms with E-state index in [0.717, 1.165) is 87.2 Å². The van der Waals surface area contributed by atoms with Crippen molar-refractivity contribution >= 4 is 122 Å². The Labute approximate surface area is 658 Å². The summed E-state index contributed by atoms with van der Waals surface area (Å²) in [5.74, 6) is -2.15. The van der Waals surface area contributed by atoms with Crippen molar-refractivity contribution in [3.05, 3.63) is 261 Å². The van der Waals surface area contributed by atoms with Gasteiger partial charge in [0, 0.05) is 43.1 Å². The third-order valence-corrected chi connectivity index (χ3v) is 24.3. The summed E-state index contributed by atoms with van der Waals surface area (Å²) in [6.07, 6.45) is 0. The van der Waals surface area contributed by atoms with Crippen LogP contribution >= 0.6 is 0 Å². The molecule has 0 atom stereocenters. The van der Waals surface area contributed by atoms with Crippen LogP contribution in [0.1, 0.15) is 252 Å². The molecule has 4 amide bonds. The Morgan fingerprint density at radius 1 is 0.188 bits per heavy atom. The van der Waals surface area contributed by atoms with Gasteiger partial charge in [0.1, 0.15) is 0 Å². The summed E-state index contributed by atoms with van der Waals surface area (Å²) in [6, 6.07) is 68.2. The van der Waals surface area contributed by atoms with Crippen molar-refractivity contribution in [2.75, 3.05) is 9.80 Å². The van der Waals surface area contributed by atoms with Gasteiger partial charge in [0.25, 0.3) is 23.6 Å². The molecule has 15 aromatic rings. The van der Waals surface area contributed by atoms with Crippen LogP contribution in [-0.2, 0) is 43.3 Å². The molecule has 566 valence electrons. The largest absolute Gasteiger partial charge is 0.308 e. The van der Waals surface area contributed by atoms with Gasteiger partial charge < -0.3 is 18.3 Å². The van der Waals surface area contributed by atoms with E-state index < -0.39 is 23.6 Å². The fraction of sp³-hybridized carbons (Fsp3) is 0.314. The Morgan fingerprint density at radius 2 is 0.339 bits per heavy atom. The zero-order valence-corrected chi connectivity index (χ0v) is 69.8. The van der Waals surface area contributed by atoms with Crippen molar-refractivity contribution in [1.82, 2.24) is 18.3 Å². The number of imide groups is 2. The normalized spacial score (nSPS) is 14.5. The van der Waals surface area contributed by atoms with E-state index in [1.165, 1.54) is 54.3 Å². The number of carbonyl (C=O) groups excluding carboxylic acids is 4. The van der Waals surface area contributed by atoms with Crippen LogP contribution in [0.5, 0.6) is 0 Å². The van der Waals surface area contributed by atoms with E-state index in [0.29, 0.717) is 22.7 Å². The zero-order chi connectivity index (χ0) is 80.0. The van der Waals surface area contributed by atoms with E-state index in [1.807, 2.05) is 24.3 Å². The lowest BCUT2D eigenvalue weighted by atomic mass is 9.85. The second-order valence-electron chi connectivity index (χ2n) is 40.3. The summed E-state index contributed by atoms with van der Waals surface area (Å²) in [4.78, 5) is 70.1. The van der Waals surface area contributed by atoms with Crippen LogP contribution in [0.25, 0.3) is 110 Å². The Bertz CT molecular complexity index is 5610. The number of nitrogens with zero attached hydrogens (tertiary/aromatic N) is 6. The molecule has 0 radical (unpaired) electrons. The average Bonchev–Trinajstić information content (AvgIpc) is 1.55. The van der Waals surface area contributed by atoms with Gasteiger partial charge in [-0.15, -0.1) is 0 Å². The molecule has 0 unspecified atom stereocenters. The van der Waals surface area contributed by atoms with Crippen molar-refractivity contribution in [3.63, 3.8) is 0 Å². The van der Waals surface area contributed by atoms with Gasteiger partial charge in [-0.3, -0.25) is 19.2 Å². The molecule has 2 aliphatic rings. The molecule has 10 nitrogen and oxygen atoms in total. The number of anilines is 2. The molecule has 10 heteroatoms. The summed E-state index contributed by atoms with van der Waals surface area (Å²) >= 11 is 0. The zero-order valence-electron chi connectivity index (χ0n) is 69.8. The first-order valence-corrected chi connectivity index (χ1v) is 39.9. The van der Waals surface area contributed by atoms with Crippen molar-refractivity contribution in [2.24, 2.45) is 0 Å². The predicted octanol–water partition coefficient (Wildman–Crippen LogP) is 26.1. The second-order valence-corrected chi connectivity index (χ2v) is 40.3. The van der Waals surface area contributed by atoms with Crippen LogP contribution < -0.4 is 9.80 Å². The molecular weight excluding hydrogens is 1370 g/mol. The lowest BCUT2D eigenvalue weighted by Crippen LogP contribution is -2.32. The Morgan fingerprint density at radius 3 is 0.482 bits per heavy atom. The van der Waals surface area contributed by atoms with Gasteiger partial charge >= 0.3 is 0 Å². The van der Waals surface area contributed by atoms with Gasteiger partial charge in [-0.2, -0.15) is 0 Å². The van der Waals surface area contributed by atoms with E-state index in [2.05, 4.69) is 330 Å². The molecule has 17 rings (SSSR count). The standard InChI is InChI=1S/C102H104N6O4/c1-95(2,3)57-28-36-75-67(48-57)68-49-58(96(4,5)6)29-37-76(68)105(75)83-44-45-84(106-77-38-30-59(97(7,8)9)50-69(77)70-51-60(98(10,11)12)31-39-78(70)106)88-87(83)91(109)103(92(88)110)65-26-25-27-66(56-65)104-93(111)89-85(107-79-40-32-61(99(13,14)15)52-71(79)72-53-62(100(16,17)18)33-41-80(72)107)46-47-86(90(89)94(104)112)108-81-42-34-63(101(19,20)21)54-73(81)74-55-64(102(22,23)24)35-43-82(74)108/h25-56H,1-24H3. The van der Waals surface area contributed by atoms with Crippen LogP contribution in [0.15, 0.2) is 194 Å². The van der Waals surface area contributed by atoms with Crippen LogP contribution in [-0.4, -0.2) is 41.9 Å². The van der Waals surface area contributed by atoms with Crippen LogP contribution in [0.4, 0.5) is 11.4 Å². The highest BCUT2D eigenvalue weighted by Gasteiger charge is 2.46. The molecule has 2 aliphatic heterocycles. The molecule has 11 aromatic carbocycles. The van der Waals surface area contributed by atoms with Crippen LogP contribution in [0.2, 0.25) is 0 Å². The summed E-state index contributed by atoms with van der Waals surface area (Å²) < 4.78 is 8.71. The highest BCUT2D eigenvalue weighted by atomic mass is 16.2. The average molecular weight is 1480 g/mol. The first-order chi connectivity index (χ1) is 52.3. The van der Waals surface area contributed by atoms with E-state index in [1.54, 1.807) is 24.3 Å². The molecule has 0 bridgehead atoms. The number of rotatable bonds is 6. The lowest BCUT2D eigenvalue weighted by molar-refractivity contribution is 0.0912. The van der Waals surface area contributed by atoms with Crippen molar-refractivity contribution in [1.29, 1.82) is 0 Å². The number of fused-ring (bicyclic) bond motifs is 14. The van der Waals surface area contributed by atoms with Gasteiger partial charge in [-0.1, -0.05) is 221 Å². The van der Waals surface area contributed by atoms with Gasteiger partial charge in [0.05, 0.1) is 101 Å². The summed E-state index contributed by atoms with van der Waals surface area (Å²) in [5.41, 5.74) is 18.7. The van der Waals surface area contributed by atoms with Crippen molar-refractivity contribution in [3.8, 4) is 22.7 Å². The molecule has 6 heterocycles. The van der Waals surface area contributed by atoms with Gasteiger partial charge in [-0.25, -0.2) is 9.80 Å². The maximum absolute atomic E-state index is 16.9. The Balaban J connectivity index is 0.901. The van der Waals surface area contributed by atoms with E-state index in [4.69, 9.17) is 0 Å². The maximum Gasteiger partial charge on any atom is 0.268 e. The summed E-state index contributed by atoms with van der Waals surface area (Å²) in [5, 5.41) is 8.31. The number of benzene rings is 11. The fourth-order valence-electron chi connectivity index (χ4n) is 17.5. The molecule has 0 spiro atoms. The molecule has 0 saturated heterocycles. The van der Waals surface area contributed by atoms with Gasteiger partial charge in [0.15, 0.2) is 0 Å². The SMILES string of the molecule is CC(C)(C)c1ccc2c(c1)c1cc(C(C)(C)C)ccc1n2-c1ccc(-n2c3ccc(C(C)(C)C)cc3c3cc(C(C)(C)C)ccc32)c2c1C(=O)N(c1cccc(N3C(=O)c4c(-n5c6ccc(C(C)(C)C)cc6c6cc(C(C)(C)C)ccc65)ccc(-n5c6ccc(C(C)(C)C)cc6c6cc(C(C)(C)C)ccc65)c4C3=O)c1)C2=O. The predicted molar refractivity (Wildman–Crippen MR) is 469 cm³/mol. The quantitative estimate of drug-likeness (QED) is 0.155. The minimum atomic E-state index is -0.537. The van der Waals surface area contributed by atoms with Crippen LogP contribution in [0, 0.1) is 0 Å². The highest BCUT2D eigenvalue weighted by molar-refractivity contribution is 6.39. The summed E-state index contributed by atoms with van der Waals surface area (Å²) in [6.45, 7) is 53.5. The fourth-order valence-corrected chi connectivity index (χ4v) is 17.5. The first kappa shape index (κ1) is 73.7. The first-order valence-electron chi connectivity index (χ1n) is 39.9. The van der Waals surface area contributed by atoms with Crippen molar-refractivity contribution < 1.29 is 19.2 Å². The maximum atomic E-state index is 16.9. The highest BCUT2D eigenvalue weighted by Crippen LogP contribution is 2.50. The Kier molecular flexibility index (Phi) is 15.9. The number of amides is 4. The molecule has 0 N–H and O–H groups in total. The van der Waals surface area contributed by atoms with Gasteiger partial charge in [0.2, 0.25) is 0 Å². The minimum Gasteiger partial charge on any atom is -0.308 e. The van der Waals surface area contributed by atoms with Gasteiger partial charge in [-0.05, 0) is 227 Å². The number of aromatic nitrogens is 4. The topological polar surface area (TPSA) is 94.5 Å². The molecule has 0 aliphatic carbocycles. The smallest absolute Gasteiger partial charge is 0.268 e. The number of hydrogen-bond donors (Lipinski definition) is 0. The monoisotopic (exact) mass is 1480 g/mol. The third-order valence-electron chi connectivity index (χ3n) is 24.3. The molecule has 0 fully saturated rings. The van der Waals surface area contributed by atoms with Crippen LogP contribution in [0.3, 0.4) is 0 Å². The lowest BCUT2D eigenvalue weighted by Gasteiger charge is -2.20. The molecular formula is C102H104N6O4. The van der Waals surface area contributed by atoms with E-state index in [9.17, 15) is 0 Å². The minimum absolute atomic E-state index is 0.175. The summed E-state index contributed by atoms with van der Waals surface area (Å²) in [7, 11) is 0. The number of carbonyl (C=O) groups is 4. The molecule has 112 heavy (non-hydrogen) atoms. The molecule has 4 aromatic heterocycles. The molecule has 0 saturated carbocycles. The third kappa shape index (κ3) is 11.4. The van der Waals surface area contributed by atoms with E-state index in [-0.39, 0.29) is 76.9 Å². The van der Waals surface area contributed by atoms with Crippen molar-refractivity contribution in [2.45, 2.75) is 209 Å². The second kappa shape index (κ2) is 24.2.